The van der Waals surface area contributed by atoms with Crippen LogP contribution in [-0.4, -0.2) is 36.4 Å². The molecule has 98 valence electrons. The largest absolute Gasteiger partial charge is 0.481 e. The van der Waals surface area contributed by atoms with Gasteiger partial charge in [-0.15, -0.1) is 0 Å². The smallest absolute Gasteiger partial charge is 0.307 e. The van der Waals surface area contributed by atoms with E-state index in [0.29, 0.717) is 19.6 Å². The van der Waals surface area contributed by atoms with Crippen molar-refractivity contribution in [2.24, 2.45) is 11.3 Å². The van der Waals surface area contributed by atoms with E-state index in [0.717, 1.165) is 0 Å². The number of rotatable bonds is 4. The molecular weight excluding hydrogens is 224 g/mol. The first-order chi connectivity index (χ1) is 7.80. The van der Waals surface area contributed by atoms with Crippen LogP contribution in [0.25, 0.3) is 0 Å². The predicted octanol–water partition coefficient (Wildman–Crippen LogP) is 1.46. The van der Waals surface area contributed by atoms with Crippen molar-refractivity contribution in [3.8, 4) is 0 Å². The first-order valence-corrected chi connectivity index (χ1v) is 5.80. The summed E-state index contributed by atoms with van der Waals surface area (Å²) in [7, 11) is 0. The van der Waals surface area contributed by atoms with Crippen LogP contribution in [-0.2, 0) is 19.1 Å². The number of carboxylic acids is 1. The Morgan fingerprint density at radius 3 is 2.53 bits per heavy atom. The molecule has 0 unspecified atom stereocenters. The number of carboxylic acid groups (broad SMARTS) is 1. The number of aliphatic carboxylic acids is 1. The fourth-order valence-corrected chi connectivity index (χ4v) is 1.77. The van der Waals surface area contributed by atoms with Gasteiger partial charge in [0, 0.05) is 6.42 Å². The lowest BCUT2D eigenvalue weighted by molar-refractivity contribution is -0.158. The van der Waals surface area contributed by atoms with Gasteiger partial charge in [0.05, 0.1) is 25.6 Å². The molecule has 0 bridgehead atoms. The number of esters is 1. The lowest BCUT2D eigenvalue weighted by Crippen LogP contribution is -2.32. The fourth-order valence-electron chi connectivity index (χ4n) is 1.77. The molecule has 0 aromatic heterocycles. The van der Waals surface area contributed by atoms with Crippen LogP contribution in [0.1, 0.15) is 33.6 Å². The minimum atomic E-state index is -0.961. The zero-order chi connectivity index (χ0) is 13.1. The van der Waals surface area contributed by atoms with Crippen LogP contribution in [0.2, 0.25) is 0 Å². The third kappa shape index (κ3) is 4.34. The van der Waals surface area contributed by atoms with Gasteiger partial charge in [-0.3, -0.25) is 9.59 Å². The molecule has 0 amide bonds. The maximum Gasteiger partial charge on any atom is 0.307 e. The molecule has 5 heteroatoms. The molecular formula is C12H20O5. The molecule has 0 aliphatic carbocycles. The van der Waals surface area contributed by atoms with Gasteiger partial charge in [-0.05, 0) is 5.41 Å². The molecule has 1 N–H and O–H groups in total. The minimum Gasteiger partial charge on any atom is -0.481 e. The second-order valence-corrected chi connectivity index (χ2v) is 5.44. The van der Waals surface area contributed by atoms with E-state index in [1.54, 1.807) is 20.8 Å². The van der Waals surface area contributed by atoms with Crippen LogP contribution in [0.3, 0.4) is 0 Å². The lowest BCUT2D eigenvalue weighted by Gasteiger charge is -2.26. The Balaban J connectivity index is 2.49. The predicted molar refractivity (Wildman–Crippen MR) is 60.5 cm³/mol. The molecule has 0 saturated carbocycles. The van der Waals surface area contributed by atoms with Gasteiger partial charge < -0.3 is 14.6 Å². The summed E-state index contributed by atoms with van der Waals surface area (Å²) in [5.41, 5.74) is -0.461. The number of hydrogen-bond acceptors (Lipinski definition) is 4. The summed E-state index contributed by atoms with van der Waals surface area (Å²) in [5.74, 6) is -2.14. The normalized spacial score (nSPS) is 22.2. The van der Waals surface area contributed by atoms with Crippen molar-refractivity contribution in [2.45, 2.75) is 39.7 Å². The minimum absolute atomic E-state index is 0.0880. The van der Waals surface area contributed by atoms with E-state index in [1.165, 1.54) is 0 Å². The molecule has 1 heterocycles. The van der Waals surface area contributed by atoms with E-state index in [4.69, 9.17) is 14.6 Å². The van der Waals surface area contributed by atoms with Crippen LogP contribution in [0.15, 0.2) is 0 Å². The molecule has 1 saturated heterocycles. The molecule has 5 nitrogen and oxygen atoms in total. The van der Waals surface area contributed by atoms with Gasteiger partial charge in [0.2, 0.25) is 0 Å². The average molecular weight is 244 g/mol. The van der Waals surface area contributed by atoms with Crippen molar-refractivity contribution in [1.29, 1.82) is 0 Å². The van der Waals surface area contributed by atoms with Crippen LogP contribution >= 0.6 is 0 Å². The lowest BCUT2D eigenvalue weighted by atomic mass is 9.79. The van der Waals surface area contributed by atoms with Gasteiger partial charge in [-0.2, -0.15) is 0 Å². The molecule has 0 aromatic carbocycles. The van der Waals surface area contributed by atoms with Gasteiger partial charge in [-0.25, -0.2) is 0 Å². The standard InChI is InChI=1S/C12H20O5/c1-12(2,3)9(11(14)15)6-10(13)17-8-4-5-16-7-8/h8-9H,4-7H2,1-3H3,(H,14,15)/t8-,9+/m0/s1. The fraction of sp³-hybridized carbons (Fsp3) is 0.833. The highest BCUT2D eigenvalue weighted by Gasteiger charge is 2.34. The highest BCUT2D eigenvalue weighted by Crippen LogP contribution is 2.29. The number of ether oxygens (including phenoxy) is 2. The summed E-state index contributed by atoms with van der Waals surface area (Å²) in [6, 6.07) is 0. The molecule has 1 aliphatic heterocycles. The van der Waals surface area contributed by atoms with Gasteiger partial charge in [0.1, 0.15) is 6.10 Å². The van der Waals surface area contributed by atoms with E-state index >= 15 is 0 Å². The van der Waals surface area contributed by atoms with Crippen molar-refractivity contribution in [2.75, 3.05) is 13.2 Å². The van der Waals surface area contributed by atoms with Crippen LogP contribution < -0.4 is 0 Å². The number of hydrogen-bond donors (Lipinski definition) is 1. The summed E-state index contributed by atoms with van der Waals surface area (Å²) >= 11 is 0. The van der Waals surface area contributed by atoms with E-state index in [-0.39, 0.29) is 12.5 Å². The summed E-state index contributed by atoms with van der Waals surface area (Å²) in [5, 5.41) is 9.09. The summed E-state index contributed by atoms with van der Waals surface area (Å²) in [6.07, 6.45) is 0.394. The number of carbonyl (C=O) groups is 2. The van der Waals surface area contributed by atoms with Gasteiger partial charge in [0.25, 0.3) is 0 Å². The topological polar surface area (TPSA) is 72.8 Å². The van der Waals surface area contributed by atoms with E-state index < -0.39 is 23.3 Å². The van der Waals surface area contributed by atoms with E-state index in [2.05, 4.69) is 0 Å². The molecule has 0 spiro atoms. The van der Waals surface area contributed by atoms with E-state index in [9.17, 15) is 9.59 Å². The van der Waals surface area contributed by atoms with Crippen molar-refractivity contribution < 1.29 is 24.2 Å². The molecule has 1 aliphatic rings. The quantitative estimate of drug-likeness (QED) is 0.758. The van der Waals surface area contributed by atoms with Gasteiger partial charge >= 0.3 is 11.9 Å². The van der Waals surface area contributed by atoms with E-state index in [1.807, 2.05) is 0 Å². The molecule has 0 aromatic rings. The third-order valence-electron chi connectivity index (χ3n) is 2.90. The Hall–Kier alpha value is -1.10. The Labute approximate surface area is 101 Å². The highest BCUT2D eigenvalue weighted by atomic mass is 16.6. The second-order valence-electron chi connectivity index (χ2n) is 5.44. The molecule has 0 radical (unpaired) electrons. The Morgan fingerprint density at radius 1 is 1.47 bits per heavy atom. The summed E-state index contributed by atoms with van der Waals surface area (Å²) < 4.78 is 10.2. The highest BCUT2D eigenvalue weighted by molar-refractivity contribution is 5.79. The Kier molecular flexibility index (Phi) is 4.51. The molecule has 2 atom stereocenters. The first kappa shape index (κ1) is 14.0. The van der Waals surface area contributed by atoms with Crippen molar-refractivity contribution >= 4 is 11.9 Å². The molecule has 1 rings (SSSR count). The number of carbonyl (C=O) groups excluding carboxylic acids is 1. The SMILES string of the molecule is CC(C)(C)[C@H](CC(=O)O[C@H]1CCOC1)C(=O)O. The zero-order valence-corrected chi connectivity index (χ0v) is 10.6. The first-order valence-electron chi connectivity index (χ1n) is 5.80. The maximum absolute atomic E-state index is 11.6. The summed E-state index contributed by atoms with van der Waals surface area (Å²) in [6.45, 7) is 6.42. The maximum atomic E-state index is 11.6. The van der Waals surface area contributed by atoms with Gasteiger partial charge in [0.15, 0.2) is 0 Å². The van der Waals surface area contributed by atoms with Crippen molar-refractivity contribution in [3.05, 3.63) is 0 Å². The Bertz CT molecular complexity index is 286. The second kappa shape index (κ2) is 5.49. The van der Waals surface area contributed by atoms with Crippen LogP contribution in [0, 0.1) is 11.3 Å². The van der Waals surface area contributed by atoms with Crippen molar-refractivity contribution in [3.63, 3.8) is 0 Å². The third-order valence-corrected chi connectivity index (χ3v) is 2.90. The zero-order valence-electron chi connectivity index (χ0n) is 10.6. The monoisotopic (exact) mass is 244 g/mol. The summed E-state index contributed by atoms with van der Waals surface area (Å²) in [4.78, 5) is 22.7. The van der Waals surface area contributed by atoms with Crippen molar-refractivity contribution in [1.82, 2.24) is 0 Å². The van der Waals surface area contributed by atoms with Crippen LogP contribution in [0.5, 0.6) is 0 Å². The van der Waals surface area contributed by atoms with Crippen LogP contribution in [0.4, 0.5) is 0 Å². The Morgan fingerprint density at radius 2 is 2.12 bits per heavy atom. The van der Waals surface area contributed by atoms with Gasteiger partial charge in [-0.1, -0.05) is 20.8 Å². The average Bonchev–Trinajstić information content (AvgIpc) is 2.64. The molecule has 1 fully saturated rings. The molecule has 17 heavy (non-hydrogen) atoms.